The number of benzene rings is 1. The smallest absolute Gasteiger partial charge is 0.162 e. The fraction of sp³-hybridized carbons (Fsp3) is 0.273. The van der Waals surface area contributed by atoms with Crippen LogP contribution in [0.1, 0.15) is 13.8 Å². The van der Waals surface area contributed by atoms with Crippen LogP contribution in [0.5, 0.6) is 0 Å². The summed E-state index contributed by atoms with van der Waals surface area (Å²) >= 11 is 0. The summed E-state index contributed by atoms with van der Waals surface area (Å²) in [5.41, 5.74) is 1.55. The van der Waals surface area contributed by atoms with Crippen molar-refractivity contribution in [3.63, 3.8) is 0 Å². The van der Waals surface area contributed by atoms with Crippen molar-refractivity contribution < 1.29 is 9.32 Å². The Morgan fingerprint density at radius 3 is 2.33 bits per heavy atom. The number of aliphatic hydroxyl groups excluding tert-OH is 1. The topological polar surface area (TPSA) is 40.5 Å². The largest absolute Gasteiger partial charge is 0.369 e. The van der Waals surface area contributed by atoms with Crippen molar-refractivity contribution in [3.05, 3.63) is 40.8 Å². The van der Waals surface area contributed by atoms with Gasteiger partial charge in [0, 0.05) is 4.91 Å². The molecule has 0 aromatic heterocycles. The van der Waals surface area contributed by atoms with E-state index in [1.807, 2.05) is 30.3 Å². The molecule has 0 saturated heterocycles. The molecular weight excluding hydrogens is 210 g/mol. The first-order valence-electron chi connectivity index (χ1n) is 4.74. The number of allylic oxidation sites excluding steroid dienone is 1. The molecule has 15 heavy (non-hydrogen) atoms. The molecule has 0 bridgehead atoms. The van der Waals surface area contributed by atoms with E-state index in [9.17, 15) is 9.32 Å². The number of aliphatic hydroxyl groups is 1. The summed E-state index contributed by atoms with van der Waals surface area (Å²) in [6.07, 6.45) is -0.770. The third-order valence-corrected chi connectivity index (χ3v) is 4.23. The monoisotopic (exact) mass is 223 g/mol. The molecule has 4 heteroatoms. The summed E-state index contributed by atoms with van der Waals surface area (Å²) in [5, 5.41) is 9.93. The fourth-order valence-corrected chi connectivity index (χ4v) is 2.87. The highest BCUT2D eigenvalue weighted by Gasteiger charge is 2.33. The lowest BCUT2D eigenvalue weighted by atomic mass is 10.2. The van der Waals surface area contributed by atoms with Gasteiger partial charge in [-0.3, -0.25) is 4.31 Å². The summed E-state index contributed by atoms with van der Waals surface area (Å²) in [5.74, 6) is 0. The van der Waals surface area contributed by atoms with E-state index < -0.39 is 17.2 Å². The standard InChI is InChI=1S/C11H13NO2S/c1-8-9(2)15(14)12(11(8)13)10-6-4-3-5-7-10/h3-7,11,13H,1-2H3/t11-,15?/m1/s1. The second-order valence-electron chi connectivity index (χ2n) is 3.52. The van der Waals surface area contributed by atoms with Crippen molar-refractivity contribution in [2.75, 3.05) is 4.31 Å². The van der Waals surface area contributed by atoms with E-state index in [0.717, 1.165) is 16.2 Å². The highest BCUT2D eigenvalue weighted by Crippen LogP contribution is 2.31. The van der Waals surface area contributed by atoms with Gasteiger partial charge < -0.3 is 5.11 Å². The van der Waals surface area contributed by atoms with E-state index in [0.29, 0.717) is 0 Å². The zero-order chi connectivity index (χ0) is 11.0. The number of nitrogens with zero attached hydrogens (tertiary/aromatic N) is 1. The highest BCUT2D eigenvalue weighted by atomic mass is 32.2. The first-order chi connectivity index (χ1) is 7.13. The summed E-state index contributed by atoms with van der Waals surface area (Å²) in [4.78, 5) is 0.742. The number of hydrogen-bond donors (Lipinski definition) is 1. The van der Waals surface area contributed by atoms with Gasteiger partial charge in [-0.25, -0.2) is 4.21 Å². The van der Waals surface area contributed by atoms with Crippen molar-refractivity contribution in [1.29, 1.82) is 0 Å². The molecule has 2 rings (SSSR count). The van der Waals surface area contributed by atoms with Crippen LogP contribution in [0.15, 0.2) is 40.8 Å². The van der Waals surface area contributed by atoms with E-state index in [1.54, 1.807) is 13.8 Å². The molecule has 0 saturated carbocycles. The molecule has 0 amide bonds. The molecule has 1 aliphatic rings. The van der Waals surface area contributed by atoms with Crippen LogP contribution >= 0.6 is 0 Å². The van der Waals surface area contributed by atoms with Gasteiger partial charge >= 0.3 is 0 Å². The van der Waals surface area contributed by atoms with E-state index in [2.05, 4.69) is 0 Å². The number of hydrogen-bond acceptors (Lipinski definition) is 2. The lowest BCUT2D eigenvalue weighted by Gasteiger charge is -2.21. The average Bonchev–Trinajstić information content (AvgIpc) is 2.45. The van der Waals surface area contributed by atoms with Crippen molar-refractivity contribution in [1.82, 2.24) is 0 Å². The minimum atomic E-state index is -1.25. The first kappa shape index (κ1) is 10.4. The number of para-hydroxylation sites is 1. The second kappa shape index (κ2) is 3.79. The molecule has 1 aromatic rings. The van der Waals surface area contributed by atoms with Gasteiger partial charge in [0.15, 0.2) is 17.2 Å². The van der Waals surface area contributed by atoms with Gasteiger partial charge in [-0.05, 0) is 31.6 Å². The van der Waals surface area contributed by atoms with Crippen LogP contribution in [0.25, 0.3) is 0 Å². The minimum absolute atomic E-state index is 0.742. The van der Waals surface area contributed by atoms with Crippen molar-refractivity contribution >= 4 is 16.7 Å². The number of rotatable bonds is 1. The molecule has 1 aromatic carbocycles. The third kappa shape index (κ3) is 1.60. The Bertz CT molecular complexity index is 427. The molecule has 3 nitrogen and oxygen atoms in total. The molecule has 1 heterocycles. The Labute approximate surface area is 91.6 Å². The lowest BCUT2D eigenvalue weighted by molar-refractivity contribution is 0.227. The minimum Gasteiger partial charge on any atom is -0.369 e. The Balaban J connectivity index is 2.39. The zero-order valence-corrected chi connectivity index (χ0v) is 9.49. The molecule has 0 spiro atoms. The third-order valence-electron chi connectivity index (χ3n) is 2.62. The average molecular weight is 223 g/mol. The Hall–Kier alpha value is -1.13. The van der Waals surface area contributed by atoms with Crippen LogP contribution in [-0.2, 0) is 11.0 Å². The molecule has 0 aliphatic carbocycles. The molecule has 0 fully saturated rings. The van der Waals surface area contributed by atoms with Crippen LogP contribution < -0.4 is 4.31 Å². The van der Waals surface area contributed by atoms with Crippen LogP contribution in [-0.4, -0.2) is 15.5 Å². The van der Waals surface area contributed by atoms with Crippen LogP contribution in [0.4, 0.5) is 5.69 Å². The van der Waals surface area contributed by atoms with Gasteiger partial charge in [0.2, 0.25) is 0 Å². The van der Waals surface area contributed by atoms with E-state index in [4.69, 9.17) is 0 Å². The maximum absolute atomic E-state index is 11.9. The normalized spacial score (nSPS) is 26.2. The maximum atomic E-state index is 11.9. The molecule has 1 unspecified atom stereocenters. The van der Waals surface area contributed by atoms with Crippen molar-refractivity contribution in [3.8, 4) is 0 Å². The predicted octanol–water partition coefficient (Wildman–Crippen LogP) is 1.78. The van der Waals surface area contributed by atoms with Gasteiger partial charge in [0.1, 0.15) is 0 Å². The summed E-state index contributed by atoms with van der Waals surface area (Å²) in [7, 11) is -1.25. The molecule has 1 N–H and O–H groups in total. The van der Waals surface area contributed by atoms with Gasteiger partial charge in [0.25, 0.3) is 0 Å². The van der Waals surface area contributed by atoms with Gasteiger partial charge in [-0.15, -0.1) is 0 Å². The van der Waals surface area contributed by atoms with E-state index in [-0.39, 0.29) is 0 Å². The lowest BCUT2D eigenvalue weighted by Crippen LogP contribution is -2.31. The summed E-state index contributed by atoms with van der Waals surface area (Å²) < 4.78 is 13.5. The second-order valence-corrected chi connectivity index (χ2v) is 5.03. The highest BCUT2D eigenvalue weighted by molar-refractivity contribution is 7.90. The SMILES string of the molecule is CC1=C(C)S(=O)N(c2ccccc2)[C@@H]1O. The fourth-order valence-electron chi connectivity index (χ4n) is 1.55. The summed E-state index contributed by atoms with van der Waals surface area (Å²) in [6.45, 7) is 3.60. The quantitative estimate of drug-likeness (QED) is 0.788. The Morgan fingerprint density at radius 2 is 1.87 bits per heavy atom. The van der Waals surface area contributed by atoms with Gasteiger partial charge in [0.05, 0.1) is 5.69 Å². The van der Waals surface area contributed by atoms with E-state index >= 15 is 0 Å². The van der Waals surface area contributed by atoms with Crippen LogP contribution in [0, 0.1) is 0 Å². The molecule has 1 aliphatic heterocycles. The molecule has 80 valence electrons. The van der Waals surface area contributed by atoms with Crippen LogP contribution in [0.3, 0.4) is 0 Å². The van der Waals surface area contributed by atoms with Crippen molar-refractivity contribution in [2.24, 2.45) is 0 Å². The predicted molar refractivity (Wildman–Crippen MR) is 61.4 cm³/mol. The zero-order valence-electron chi connectivity index (χ0n) is 8.68. The van der Waals surface area contributed by atoms with Crippen LogP contribution in [0.2, 0.25) is 0 Å². The Kier molecular flexibility index (Phi) is 2.63. The number of anilines is 1. The first-order valence-corrected chi connectivity index (χ1v) is 5.85. The van der Waals surface area contributed by atoms with E-state index in [1.165, 1.54) is 4.31 Å². The molecule has 2 atom stereocenters. The molecule has 0 radical (unpaired) electrons. The van der Waals surface area contributed by atoms with Gasteiger partial charge in [-0.2, -0.15) is 0 Å². The maximum Gasteiger partial charge on any atom is 0.162 e. The van der Waals surface area contributed by atoms with Gasteiger partial charge in [-0.1, -0.05) is 18.2 Å². The van der Waals surface area contributed by atoms with Crippen molar-refractivity contribution in [2.45, 2.75) is 20.1 Å². The molecular formula is C11H13NO2S. The Morgan fingerprint density at radius 1 is 1.27 bits per heavy atom. The summed E-state index contributed by atoms with van der Waals surface area (Å²) in [6, 6.07) is 9.30.